The molecule has 1 aliphatic heterocycles. The number of rotatable bonds is 3. The summed E-state index contributed by atoms with van der Waals surface area (Å²) in [5.74, 6) is -2.45. The van der Waals surface area contributed by atoms with E-state index in [0.29, 0.717) is 11.1 Å². The van der Waals surface area contributed by atoms with Crippen LogP contribution in [0.3, 0.4) is 0 Å². The van der Waals surface area contributed by atoms with E-state index in [1.807, 2.05) is 0 Å². The Morgan fingerprint density at radius 2 is 2.10 bits per heavy atom. The molecule has 0 bridgehead atoms. The summed E-state index contributed by atoms with van der Waals surface area (Å²) < 4.78 is 18.2. The molecule has 1 aromatic rings. The van der Waals surface area contributed by atoms with Gasteiger partial charge in [0.05, 0.1) is 19.3 Å². The van der Waals surface area contributed by atoms with Crippen LogP contribution in [0.1, 0.15) is 15.9 Å². The highest BCUT2D eigenvalue weighted by atomic mass is 19.1. The molecule has 0 spiro atoms. The Labute approximate surface area is 116 Å². The van der Waals surface area contributed by atoms with E-state index in [-0.39, 0.29) is 19.1 Å². The predicted molar refractivity (Wildman–Crippen MR) is 69.0 cm³/mol. The number of aliphatic carboxylic acids is 1. The van der Waals surface area contributed by atoms with E-state index in [0.717, 1.165) is 0 Å². The molecule has 2 atom stereocenters. The van der Waals surface area contributed by atoms with Crippen molar-refractivity contribution in [2.24, 2.45) is 5.92 Å². The lowest BCUT2D eigenvalue weighted by molar-refractivity contribution is -0.142. The van der Waals surface area contributed by atoms with E-state index in [9.17, 15) is 14.0 Å². The van der Waals surface area contributed by atoms with Crippen LogP contribution in [0.15, 0.2) is 18.2 Å². The van der Waals surface area contributed by atoms with E-state index in [2.05, 4.69) is 0 Å². The average molecular weight is 281 g/mol. The second kappa shape index (κ2) is 5.58. The fourth-order valence-electron chi connectivity index (χ4n) is 2.37. The molecule has 2 rings (SSSR count). The van der Waals surface area contributed by atoms with Crippen molar-refractivity contribution in [1.29, 1.82) is 0 Å². The summed E-state index contributed by atoms with van der Waals surface area (Å²) in [6.45, 7) is 1.93. The van der Waals surface area contributed by atoms with Gasteiger partial charge in [0, 0.05) is 12.6 Å². The number of hydrogen-bond donors (Lipinski definition) is 1. The Hall–Kier alpha value is -1.95. The number of hydrogen-bond acceptors (Lipinski definition) is 3. The number of likely N-dealkylation sites (N-methyl/N-ethyl adjacent to an activating group) is 1. The predicted octanol–water partition coefficient (Wildman–Crippen LogP) is 1.31. The standard InChI is InChI=1S/C14H16FNO4/c1-8-5-9(15)3-4-10(8)13(17)16(2)12-7-20-6-11(12)14(18)19/h3-5,11-12H,6-7H2,1-2H3,(H,18,19). The molecule has 2 unspecified atom stereocenters. The zero-order valence-corrected chi connectivity index (χ0v) is 11.3. The molecule has 0 aliphatic carbocycles. The summed E-state index contributed by atoms with van der Waals surface area (Å²) >= 11 is 0. The van der Waals surface area contributed by atoms with Crippen molar-refractivity contribution >= 4 is 11.9 Å². The Kier molecular flexibility index (Phi) is 4.04. The van der Waals surface area contributed by atoms with Gasteiger partial charge in [0.25, 0.3) is 5.91 Å². The van der Waals surface area contributed by atoms with Crippen LogP contribution in [0.5, 0.6) is 0 Å². The Balaban J connectivity index is 2.22. The maximum absolute atomic E-state index is 13.1. The highest BCUT2D eigenvalue weighted by Gasteiger charge is 2.38. The minimum Gasteiger partial charge on any atom is -0.481 e. The molecule has 108 valence electrons. The van der Waals surface area contributed by atoms with Crippen LogP contribution in [-0.4, -0.2) is 48.2 Å². The zero-order valence-electron chi connectivity index (χ0n) is 11.3. The molecule has 0 saturated carbocycles. The van der Waals surface area contributed by atoms with Gasteiger partial charge in [-0.1, -0.05) is 0 Å². The first kappa shape index (κ1) is 14.5. The molecule has 20 heavy (non-hydrogen) atoms. The van der Waals surface area contributed by atoms with Crippen LogP contribution < -0.4 is 0 Å². The van der Waals surface area contributed by atoms with Crippen molar-refractivity contribution < 1.29 is 23.8 Å². The highest BCUT2D eigenvalue weighted by Crippen LogP contribution is 2.22. The Morgan fingerprint density at radius 3 is 2.70 bits per heavy atom. The minimum atomic E-state index is -0.983. The number of amides is 1. The van der Waals surface area contributed by atoms with Gasteiger partial charge in [-0.3, -0.25) is 9.59 Å². The Morgan fingerprint density at radius 1 is 1.40 bits per heavy atom. The molecule has 1 N–H and O–H groups in total. The molecule has 1 amide bonds. The second-order valence-electron chi connectivity index (χ2n) is 4.92. The van der Waals surface area contributed by atoms with Crippen molar-refractivity contribution in [2.75, 3.05) is 20.3 Å². The normalized spacial score (nSPS) is 21.8. The number of benzene rings is 1. The van der Waals surface area contributed by atoms with Gasteiger partial charge in [0.15, 0.2) is 0 Å². The quantitative estimate of drug-likeness (QED) is 0.907. The minimum absolute atomic E-state index is 0.0972. The summed E-state index contributed by atoms with van der Waals surface area (Å²) in [6.07, 6.45) is 0. The molecule has 5 nitrogen and oxygen atoms in total. The number of ether oxygens (including phenoxy) is 1. The van der Waals surface area contributed by atoms with Gasteiger partial charge in [-0.25, -0.2) is 4.39 Å². The molecule has 1 fully saturated rings. The number of aryl methyl sites for hydroxylation is 1. The van der Waals surface area contributed by atoms with Crippen LogP contribution >= 0.6 is 0 Å². The van der Waals surface area contributed by atoms with Crippen molar-refractivity contribution in [2.45, 2.75) is 13.0 Å². The fourth-order valence-corrected chi connectivity index (χ4v) is 2.37. The van der Waals surface area contributed by atoms with E-state index in [1.165, 1.54) is 23.1 Å². The third-order valence-electron chi connectivity index (χ3n) is 3.60. The first-order valence-electron chi connectivity index (χ1n) is 6.25. The van der Waals surface area contributed by atoms with Gasteiger partial charge in [-0.05, 0) is 30.7 Å². The molecule has 1 heterocycles. The summed E-state index contributed by atoms with van der Waals surface area (Å²) in [5.41, 5.74) is 0.887. The van der Waals surface area contributed by atoms with Gasteiger partial charge in [-0.2, -0.15) is 0 Å². The third kappa shape index (κ3) is 2.65. The largest absolute Gasteiger partial charge is 0.481 e. The number of carboxylic acids is 1. The van der Waals surface area contributed by atoms with Crippen LogP contribution in [-0.2, 0) is 9.53 Å². The lowest BCUT2D eigenvalue weighted by atomic mass is 10.0. The number of halogens is 1. The van der Waals surface area contributed by atoms with E-state index >= 15 is 0 Å². The summed E-state index contributed by atoms with van der Waals surface area (Å²) in [4.78, 5) is 24.9. The molecule has 6 heteroatoms. The van der Waals surface area contributed by atoms with Crippen LogP contribution in [0.2, 0.25) is 0 Å². The SMILES string of the molecule is Cc1cc(F)ccc1C(=O)N(C)C1COCC1C(=O)O. The van der Waals surface area contributed by atoms with Crippen LogP contribution in [0.25, 0.3) is 0 Å². The maximum atomic E-state index is 13.1. The van der Waals surface area contributed by atoms with E-state index in [4.69, 9.17) is 9.84 Å². The average Bonchev–Trinajstić information content (AvgIpc) is 2.86. The van der Waals surface area contributed by atoms with Gasteiger partial charge in [0.1, 0.15) is 11.7 Å². The van der Waals surface area contributed by atoms with Gasteiger partial charge < -0.3 is 14.7 Å². The first-order chi connectivity index (χ1) is 9.41. The van der Waals surface area contributed by atoms with Crippen LogP contribution in [0, 0.1) is 18.7 Å². The Bertz CT molecular complexity index is 546. The van der Waals surface area contributed by atoms with Gasteiger partial charge >= 0.3 is 5.97 Å². The molecule has 0 aromatic heterocycles. The first-order valence-corrected chi connectivity index (χ1v) is 6.25. The molecule has 1 aliphatic rings. The van der Waals surface area contributed by atoms with Gasteiger partial charge in [-0.15, -0.1) is 0 Å². The smallest absolute Gasteiger partial charge is 0.311 e. The van der Waals surface area contributed by atoms with E-state index in [1.54, 1.807) is 14.0 Å². The molecule has 0 radical (unpaired) electrons. The van der Waals surface area contributed by atoms with Crippen molar-refractivity contribution in [1.82, 2.24) is 4.90 Å². The topological polar surface area (TPSA) is 66.8 Å². The number of nitrogens with zero attached hydrogens (tertiary/aromatic N) is 1. The third-order valence-corrected chi connectivity index (χ3v) is 3.60. The lowest BCUT2D eigenvalue weighted by Crippen LogP contribution is -2.44. The van der Waals surface area contributed by atoms with Crippen molar-refractivity contribution in [3.8, 4) is 0 Å². The van der Waals surface area contributed by atoms with Crippen molar-refractivity contribution in [3.05, 3.63) is 35.1 Å². The van der Waals surface area contributed by atoms with Gasteiger partial charge in [0.2, 0.25) is 0 Å². The number of carbonyl (C=O) groups is 2. The summed E-state index contributed by atoms with van der Waals surface area (Å²) in [6, 6.07) is 3.40. The molecule has 1 saturated heterocycles. The second-order valence-corrected chi connectivity index (χ2v) is 4.92. The molecular formula is C14H16FNO4. The summed E-state index contributed by atoms with van der Waals surface area (Å²) in [7, 11) is 1.54. The van der Waals surface area contributed by atoms with Crippen LogP contribution in [0.4, 0.5) is 4.39 Å². The lowest BCUT2D eigenvalue weighted by Gasteiger charge is -2.27. The maximum Gasteiger partial charge on any atom is 0.311 e. The zero-order chi connectivity index (χ0) is 14.9. The van der Waals surface area contributed by atoms with Crippen molar-refractivity contribution in [3.63, 3.8) is 0 Å². The highest BCUT2D eigenvalue weighted by molar-refractivity contribution is 5.96. The number of carboxylic acid groups (broad SMARTS) is 1. The van der Waals surface area contributed by atoms with E-state index < -0.39 is 23.7 Å². The monoisotopic (exact) mass is 281 g/mol. The molecule has 1 aromatic carbocycles. The number of carbonyl (C=O) groups excluding carboxylic acids is 1. The summed E-state index contributed by atoms with van der Waals surface area (Å²) in [5, 5.41) is 9.11. The fraction of sp³-hybridized carbons (Fsp3) is 0.429. The molecular weight excluding hydrogens is 265 g/mol.